The summed E-state index contributed by atoms with van der Waals surface area (Å²) in [5.74, 6) is -4.03. The fraction of sp³-hybridized carbons (Fsp3) is 0. The number of halogens is 3. The average molecular weight is 470 g/mol. The van der Waals surface area contributed by atoms with Crippen molar-refractivity contribution in [3.8, 4) is 17.3 Å². The lowest BCUT2D eigenvalue weighted by molar-refractivity contribution is 0.102. The van der Waals surface area contributed by atoms with E-state index in [0.717, 1.165) is 12.4 Å². The van der Waals surface area contributed by atoms with E-state index in [1.54, 1.807) is 24.3 Å². The third kappa shape index (κ3) is 4.65. The number of carbonyl (C=O) groups excluding carboxylic acids is 1. The van der Waals surface area contributed by atoms with Crippen LogP contribution in [0.1, 0.15) is 10.4 Å². The van der Waals surface area contributed by atoms with Gasteiger partial charge in [0.25, 0.3) is 17.3 Å². The molecule has 3 N–H and O–H groups in total. The summed E-state index contributed by atoms with van der Waals surface area (Å²) >= 11 is 5.87. The molecule has 8 nitrogen and oxygen atoms in total. The highest BCUT2D eigenvalue weighted by molar-refractivity contribution is 6.30. The number of hydrogen-bond acceptors (Lipinski definition) is 6. The molecule has 0 saturated heterocycles. The van der Waals surface area contributed by atoms with Gasteiger partial charge >= 0.3 is 0 Å². The molecule has 2 aromatic carbocycles. The van der Waals surface area contributed by atoms with Gasteiger partial charge in [-0.1, -0.05) is 11.6 Å². The Morgan fingerprint density at radius 1 is 1.09 bits per heavy atom. The van der Waals surface area contributed by atoms with Crippen LogP contribution in [0.4, 0.5) is 20.3 Å². The van der Waals surface area contributed by atoms with Crippen LogP contribution in [0, 0.1) is 11.6 Å². The van der Waals surface area contributed by atoms with E-state index >= 15 is 0 Å². The van der Waals surface area contributed by atoms with E-state index in [1.165, 1.54) is 35.0 Å². The summed E-state index contributed by atoms with van der Waals surface area (Å²) < 4.78 is 34.7. The molecule has 0 saturated carbocycles. The highest BCUT2D eigenvalue weighted by Gasteiger charge is 2.16. The first-order chi connectivity index (χ1) is 15.8. The number of rotatable bonds is 5. The smallest absolute Gasteiger partial charge is 0.267 e. The Bertz CT molecular complexity index is 1410. The van der Waals surface area contributed by atoms with Gasteiger partial charge in [-0.2, -0.15) is 9.37 Å². The van der Waals surface area contributed by atoms with Gasteiger partial charge in [-0.15, -0.1) is 0 Å². The molecule has 0 spiro atoms. The lowest BCUT2D eigenvalue weighted by Crippen LogP contribution is -2.27. The van der Waals surface area contributed by atoms with Crippen molar-refractivity contribution in [1.82, 2.24) is 14.5 Å². The highest BCUT2D eigenvalue weighted by atomic mass is 35.5. The van der Waals surface area contributed by atoms with Gasteiger partial charge in [0.05, 0.1) is 0 Å². The SMILES string of the molecule is Nc1ncnc(Oc2ccc(NC(=O)c3cccn(-c4ccc(Cl)cc4)c3=O)cc2F)c1F. The van der Waals surface area contributed by atoms with E-state index in [-0.39, 0.29) is 17.0 Å². The van der Waals surface area contributed by atoms with Crippen LogP contribution in [0.5, 0.6) is 11.6 Å². The minimum Gasteiger partial charge on any atom is -0.433 e. The fourth-order valence-electron chi connectivity index (χ4n) is 2.87. The summed E-state index contributed by atoms with van der Waals surface area (Å²) in [5, 5.41) is 2.95. The number of nitrogens with two attached hydrogens (primary N) is 1. The second-order valence-corrected chi connectivity index (χ2v) is 7.09. The summed E-state index contributed by atoms with van der Waals surface area (Å²) in [4.78, 5) is 32.5. The molecule has 1 amide bonds. The third-order valence-corrected chi connectivity index (χ3v) is 4.73. The molecule has 0 aliphatic heterocycles. The Labute approximate surface area is 190 Å². The van der Waals surface area contributed by atoms with Gasteiger partial charge in [-0.25, -0.2) is 9.37 Å². The van der Waals surface area contributed by atoms with Crippen molar-refractivity contribution in [3.05, 3.63) is 99.7 Å². The number of benzene rings is 2. The maximum absolute atomic E-state index is 14.5. The van der Waals surface area contributed by atoms with E-state index in [2.05, 4.69) is 15.3 Å². The molecule has 0 bridgehead atoms. The van der Waals surface area contributed by atoms with Gasteiger partial charge in [0.1, 0.15) is 11.9 Å². The summed E-state index contributed by atoms with van der Waals surface area (Å²) in [6.45, 7) is 0. The van der Waals surface area contributed by atoms with Crippen molar-refractivity contribution in [2.75, 3.05) is 11.1 Å². The largest absolute Gasteiger partial charge is 0.433 e. The van der Waals surface area contributed by atoms with Crippen LogP contribution in [0.3, 0.4) is 0 Å². The zero-order valence-electron chi connectivity index (χ0n) is 16.6. The number of hydrogen-bond donors (Lipinski definition) is 2. The predicted molar refractivity (Wildman–Crippen MR) is 118 cm³/mol. The molecule has 2 aromatic heterocycles. The van der Waals surface area contributed by atoms with Crippen LogP contribution in [0.2, 0.25) is 5.02 Å². The molecule has 0 unspecified atom stereocenters. The molecular weight excluding hydrogens is 456 g/mol. The van der Waals surface area contributed by atoms with Crippen LogP contribution >= 0.6 is 11.6 Å². The zero-order chi connectivity index (χ0) is 23.5. The third-order valence-electron chi connectivity index (χ3n) is 4.48. The number of aromatic nitrogens is 3. The first-order valence-electron chi connectivity index (χ1n) is 9.36. The van der Waals surface area contributed by atoms with E-state index < -0.39 is 34.8 Å². The zero-order valence-corrected chi connectivity index (χ0v) is 17.4. The molecule has 33 heavy (non-hydrogen) atoms. The van der Waals surface area contributed by atoms with Crippen molar-refractivity contribution in [2.24, 2.45) is 0 Å². The first kappa shape index (κ1) is 21.9. The molecule has 4 rings (SSSR count). The number of nitrogens with one attached hydrogen (secondary N) is 1. The van der Waals surface area contributed by atoms with Crippen LogP contribution in [-0.2, 0) is 0 Å². The van der Waals surface area contributed by atoms with Gasteiger partial charge in [0.15, 0.2) is 17.4 Å². The molecule has 4 aromatic rings. The Morgan fingerprint density at radius 3 is 2.58 bits per heavy atom. The molecular formula is C22H14ClF2N5O3. The van der Waals surface area contributed by atoms with Crippen molar-refractivity contribution in [2.45, 2.75) is 0 Å². The normalized spacial score (nSPS) is 10.6. The number of amides is 1. The second kappa shape index (κ2) is 9.05. The number of carbonyl (C=O) groups is 1. The average Bonchev–Trinajstić information content (AvgIpc) is 2.79. The minimum absolute atomic E-state index is 0.0498. The molecule has 0 fully saturated rings. The molecule has 0 aliphatic carbocycles. The van der Waals surface area contributed by atoms with Gasteiger partial charge in [0, 0.05) is 28.7 Å². The maximum Gasteiger partial charge on any atom is 0.267 e. The molecule has 166 valence electrons. The number of ether oxygens (including phenoxy) is 1. The summed E-state index contributed by atoms with van der Waals surface area (Å²) in [6.07, 6.45) is 2.48. The van der Waals surface area contributed by atoms with E-state index in [1.807, 2.05) is 0 Å². The molecule has 2 heterocycles. The maximum atomic E-state index is 14.5. The monoisotopic (exact) mass is 469 g/mol. The lowest BCUT2D eigenvalue weighted by atomic mass is 10.2. The first-order valence-corrected chi connectivity index (χ1v) is 9.73. The predicted octanol–water partition coefficient (Wildman–Crippen LogP) is 4.19. The number of nitrogen functional groups attached to an aromatic ring is 1. The minimum atomic E-state index is -1.03. The second-order valence-electron chi connectivity index (χ2n) is 6.65. The topological polar surface area (TPSA) is 112 Å². The van der Waals surface area contributed by atoms with Crippen molar-refractivity contribution in [1.29, 1.82) is 0 Å². The summed E-state index contributed by atoms with van der Waals surface area (Å²) in [5.41, 5.74) is 5.17. The summed E-state index contributed by atoms with van der Waals surface area (Å²) in [6, 6.07) is 12.8. The molecule has 11 heteroatoms. The van der Waals surface area contributed by atoms with Crippen LogP contribution in [0.15, 0.2) is 71.9 Å². The van der Waals surface area contributed by atoms with Gasteiger partial charge in [-0.3, -0.25) is 14.2 Å². The van der Waals surface area contributed by atoms with Crippen molar-refractivity contribution >= 4 is 29.0 Å². The van der Waals surface area contributed by atoms with E-state index in [4.69, 9.17) is 22.1 Å². The van der Waals surface area contributed by atoms with Crippen LogP contribution < -0.4 is 21.3 Å². The van der Waals surface area contributed by atoms with Crippen LogP contribution in [0.25, 0.3) is 5.69 Å². The molecule has 0 aliphatic rings. The Kier molecular flexibility index (Phi) is 6.01. The quantitative estimate of drug-likeness (QED) is 0.453. The highest BCUT2D eigenvalue weighted by Crippen LogP contribution is 2.28. The standard InChI is InChI=1S/C22H14ClF2N5O3/c23-12-3-6-14(7-4-12)30-9-1-2-15(22(30)32)20(31)29-13-5-8-17(16(24)10-13)33-21-18(25)19(26)27-11-28-21/h1-11H,(H,29,31)(H2,26,27,28). The Balaban J connectivity index is 1.55. The van der Waals surface area contributed by atoms with E-state index in [9.17, 15) is 18.4 Å². The molecule has 0 radical (unpaired) electrons. The van der Waals surface area contributed by atoms with E-state index in [0.29, 0.717) is 10.7 Å². The Hall–Kier alpha value is -4.31. The van der Waals surface area contributed by atoms with Crippen molar-refractivity contribution in [3.63, 3.8) is 0 Å². The fourth-order valence-corrected chi connectivity index (χ4v) is 3.00. The number of pyridine rings is 1. The van der Waals surface area contributed by atoms with Gasteiger partial charge in [-0.05, 0) is 48.5 Å². The van der Waals surface area contributed by atoms with Crippen LogP contribution in [-0.4, -0.2) is 20.4 Å². The number of nitrogens with zero attached hydrogens (tertiary/aromatic N) is 3. The lowest BCUT2D eigenvalue weighted by Gasteiger charge is -2.11. The molecule has 0 atom stereocenters. The Morgan fingerprint density at radius 2 is 1.85 bits per heavy atom. The van der Waals surface area contributed by atoms with Gasteiger partial charge < -0.3 is 15.8 Å². The number of anilines is 2. The van der Waals surface area contributed by atoms with Gasteiger partial charge in [0.2, 0.25) is 5.82 Å². The summed E-state index contributed by atoms with van der Waals surface area (Å²) in [7, 11) is 0. The van der Waals surface area contributed by atoms with Crippen molar-refractivity contribution < 1.29 is 18.3 Å².